The minimum atomic E-state index is -0.873. The number of aryl methyl sites for hydroxylation is 3. The van der Waals surface area contributed by atoms with Gasteiger partial charge in [-0.15, -0.1) is 0 Å². The molecule has 3 heterocycles. The molecular formula is C20H15F2N3O3. The number of para-hydroxylation sites is 1. The predicted molar refractivity (Wildman–Crippen MR) is 98.0 cm³/mol. The molecule has 28 heavy (non-hydrogen) atoms. The van der Waals surface area contributed by atoms with E-state index in [1.807, 2.05) is 0 Å². The number of carbonyl (C=O) groups is 1. The fourth-order valence-electron chi connectivity index (χ4n) is 3.09. The van der Waals surface area contributed by atoms with Gasteiger partial charge in [0.05, 0.1) is 22.3 Å². The van der Waals surface area contributed by atoms with Gasteiger partial charge in [0.2, 0.25) is 0 Å². The van der Waals surface area contributed by atoms with Crippen molar-refractivity contribution in [2.24, 2.45) is 0 Å². The van der Waals surface area contributed by atoms with Gasteiger partial charge in [0.25, 0.3) is 11.6 Å². The third kappa shape index (κ3) is 2.92. The van der Waals surface area contributed by atoms with Crippen molar-refractivity contribution in [2.45, 2.75) is 20.8 Å². The first kappa shape index (κ1) is 17.8. The van der Waals surface area contributed by atoms with Crippen LogP contribution in [0, 0.1) is 32.4 Å². The van der Waals surface area contributed by atoms with Gasteiger partial charge in [-0.1, -0.05) is 11.2 Å². The highest BCUT2D eigenvalue weighted by molar-refractivity contribution is 6.13. The number of nitrogens with one attached hydrogen (secondary N) is 1. The van der Waals surface area contributed by atoms with Crippen LogP contribution in [0.5, 0.6) is 0 Å². The van der Waals surface area contributed by atoms with Gasteiger partial charge in [0, 0.05) is 5.56 Å². The summed E-state index contributed by atoms with van der Waals surface area (Å²) in [5.74, 6) is -1.15. The van der Waals surface area contributed by atoms with Gasteiger partial charge in [-0.25, -0.2) is 13.8 Å². The zero-order chi connectivity index (χ0) is 20.0. The van der Waals surface area contributed by atoms with E-state index < -0.39 is 23.2 Å². The molecule has 0 aliphatic rings. The van der Waals surface area contributed by atoms with E-state index >= 15 is 0 Å². The first-order valence-electron chi connectivity index (χ1n) is 8.45. The molecule has 0 spiro atoms. The summed E-state index contributed by atoms with van der Waals surface area (Å²) in [5, 5.41) is 6.52. The van der Waals surface area contributed by atoms with E-state index in [1.54, 1.807) is 26.8 Å². The van der Waals surface area contributed by atoms with Crippen LogP contribution in [0.1, 0.15) is 27.6 Å². The summed E-state index contributed by atoms with van der Waals surface area (Å²) in [7, 11) is 0. The Morgan fingerprint density at radius 2 is 1.82 bits per heavy atom. The summed E-state index contributed by atoms with van der Waals surface area (Å²) in [6, 6.07) is 6.66. The number of furan rings is 1. The zero-order valence-corrected chi connectivity index (χ0v) is 15.3. The molecule has 1 amide bonds. The lowest BCUT2D eigenvalue weighted by atomic mass is 10.1. The standard InChI is InChI=1S/C20H15F2N3O3/c1-9-7-12(11(3)27-9)16-8-13(17-10(2)25-28-20(17)23-16)19(26)24-18-14(21)5-4-6-15(18)22/h4-8H,1-3H3,(H,24,26). The Bertz CT molecular complexity index is 1210. The number of nitrogens with zero attached hydrogens (tertiary/aromatic N) is 2. The fourth-order valence-corrected chi connectivity index (χ4v) is 3.09. The van der Waals surface area contributed by atoms with Crippen LogP contribution in [0.15, 0.2) is 39.3 Å². The minimum Gasteiger partial charge on any atom is -0.466 e. The van der Waals surface area contributed by atoms with Crippen LogP contribution in [0.2, 0.25) is 0 Å². The molecule has 0 saturated carbocycles. The molecule has 1 aromatic carbocycles. The highest BCUT2D eigenvalue weighted by Gasteiger charge is 2.22. The van der Waals surface area contributed by atoms with Crippen molar-refractivity contribution in [1.82, 2.24) is 10.1 Å². The Kier molecular flexibility index (Phi) is 4.18. The molecule has 0 atom stereocenters. The lowest BCUT2D eigenvalue weighted by Crippen LogP contribution is -2.15. The van der Waals surface area contributed by atoms with Crippen LogP contribution in [-0.4, -0.2) is 16.0 Å². The van der Waals surface area contributed by atoms with Gasteiger partial charge in [-0.05, 0) is 45.0 Å². The average Bonchev–Trinajstić information content (AvgIpc) is 3.19. The van der Waals surface area contributed by atoms with Crippen molar-refractivity contribution < 1.29 is 22.5 Å². The molecule has 6 nitrogen and oxygen atoms in total. The third-order valence-electron chi connectivity index (χ3n) is 4.38. The fraction of sp³-hybridized carbons (Fsp3) is 0.150. The van der Waals surface area contributed by atoms with Gasteiger partial charge >= 0.3 is 0 Å². The molecule has 0 bridgehead atoms. The smallest absolute Gasteiger partial charge is 0.259 e. The molecule has 3 aromatic heterocycles. The Labute approximate surface area is 158 Å². The SMILES string of the molecule is Cc1cc(-c2cc(C(=O)Nc3c(F)cccc3F)c3c(C)noc3n2)c(C)o1. The average molecular weight is 383 g/mol. The van der Waals surface area contributed by atoms with E-state index in [1.165, 1.54) is 12.1 Å². The molecule has 0 radical (unpaired) electrons. The summed E-state index contributed by atoms with van der Waals surface area (Å²) >= 11 is 0. The van der Waals surface area contributed by atoms with Gasteiger partial charge in [0.1, 0.15) is 28.8 Å². The maximum absolute atomic E-state index is 13.9. The van der Waals surface area contributed by atoms with Gasteiger partial charge < -0.3 is 14.3 Å². The number of aromatic nitrogens is 2. The zero-order valence-electron chi connectivity index (χ0n) is 15.3. The van der Waals surface area contributed by atoms with Gasteiger partial charge in [-0.2, -0.15) is 0 Å². The van der Waals surface area contributed by atoms with E-state index in [4.69, 9.17) is 8.94 Å². The van der Waals surface area contributed by atoms with E-state index in [-0.39, 0.29) is 11.3 Å². The number of pyridine rings is 1. The van der Waals surface area contributed by atoms with Crippen molar-refractivity contribution in [2.75, 3.05) is 5.32 Å². The Morgan fingerprint density at radius 3 is 2.46 bits per heavy atom. The van der Waals surface area contributed by atoms with Crippen LogP contribution in [-0.2, 0) is 0 Å². The van der Waals surface area contributed by atoms with Crippen LogP contribution < -0.4 is 5.32 Å². The highest BCUT2D eigenvalue weighted by Crippen LogP contribution is 2.31. The molecule has 0 aliphatic carbocycles. The minimum absolute atomic E-state index is 0.139. The predicted octanol–water partition coefficient (Wildman–Crippen LogP) is 4.94. The molecule has 142 valence electrons. The van der Waals surface area contributed by atoms with E-state index in [0.717, 1.165) is 12.1 Å². The summed E-state index contributed by atoms with van der Waals surface area (Å²) in [6.45, 7) is 5.22. The molecular weight excluding hydrogens is 368 g/mol. The quantitative estimate of drug-likeness (QED) is 0.542. The number of halogens is 2. The van der Waals surface area contributed by atoms with E-state index in [2.05, 4.69) is 15.5 Å². The van der Waals surface area contributed by atoms with Crippen molar-refractivity contribution in [1.29, 1.82) is 0 Å². The first-order valence-corrected chi connectivity index (χ1v) is 8.45. The number of fused-ring (bicyclic) bond motifs is 1. The molecule has 4 rings (SSSR count). The van der Waals surface area contributed by atoms with Crippen molar-refractivity contribution in [3.63, 3.8) is 0 Å². The summed E-state index contributed by atoms with van der Waals surface area (Å²) < 4.78 is 38.7. The second-order valence-electron chi connectivity index (χ2n) is 6.38. The van der Waals surface area contributed by atoms with E-state index in [0.29, 0.717) is 33.9 Å². The molecule has 0 aliphatic heterocycles. The maximum Gasteiger partial charge on any atom is 0.259 e. The number of hydrogen-bond donors (Lipinski definition) is 1. The lowest BCUT2D eigenvalue weighted by molar-refractivity contribution is 0.102. The van der Waals surface area contributed by atoms with Crippen LogP contribution in [0.25, 0.3) is 22.4 Å². The second kappa shape index (κ2) is 6.56. The number of amides is 1. The number of hydrogen-bond acceptors (Lipinski definition) is 5. The number of rotatable bonds is 3. The van der Waals surface area contributed by atoms with Crippen molar-refractivity contribution >= 4 is 22.7 Å². The summed E-state index contributed by atoms with van der Waals surface area (Å²) in [4.78, 5) is 17.3. The number of benzene rings is 1. The Hall–Kier alpha value is -3.55. The molecule has 8 heteroatoms. The normalized spacial score (nSPS) is 11.2. The largest absolute Gasteiger partial charge is 0.466 e. The van der Waals surface area contributed by atoms with Crippen LogP contribution in [0.4, 0.5) is 14.5 Å². The lowest BCUT2D eigenvalue weighted by Gasteiger charge is -2.09. The number of carbonyl (C=O) groups excluding carboxylic acids is 1. The Balaban J connectivity index is 1.86. The summed E-state index contributed by atoms with van der Waals surface area (Å²) in [5.41, 5.74) is 1.31. The highest BCUT2D eigenvalue weighted by atomic mass is 19.1. The molecule has 1 N–H and O–H groups in total. The summed E-state index contributed by atoms with van der Waals surface area (Å²) in [6.07, 6.45) is 0. The molecule has 0 unspecified atom stereocenters. The van der Waals surface area contributed by atoms with Crippen molar-refractivity contribution in [3.05, 3.63) is 64.7 Å². The Morgan fingerprint density at radius 1 is 1.11 bits per heavy atom. The van der Waals surface area contributed by atoms with E-state index in [9.17, 15) is 13.6 Å². The topological polar surface area (TPSA) is 81.2 Å². The monoisotopic (exact) mass is 383 g/mol. The number of anilines is 1. The third-order valence-corrected chi connectivity index (χ3v) is 4.38. The molecule has 4 aromatic rings. The van der Waals surface area contributed by atoms with Gasteiger partial charge in [0.15, 0.2) is 0 Å². The van der Waals surface area contributed by atoms with Crippen molar-refractivity contribution in [3.8, 4) is 11.3 Å². The van der Waals surface area contributed by atoms with Gasteiger partial charge in [-0.3, -0.25) is 4.79 Å². The van der Waals surface area contributed by atoms with Crippen LogP contribution in [0.3, 0.4) is 0 Å². The van der Waals surface area contributed by atoms with Crippen LogP contribution >= 0.6 is 0 Å². The molecule has 0 saturated heterocycles. The molecule has 0 fully saturated rings. The maximum atomic E-state index is 13.9. The second-order valence-corrected chi connectivity index (χ2v) is 6.38. The first-order chi connectivity index (χ1) is 13.3.